The maximum absolute atomic E-state index is 5.53. The number of guanidine groups is 1. The van der Waals surface area contributed by atoms with Crippen molar-refractivity contribution in [1.29, 1.82) is 0 Å². The number of hydrogen-bond acceptors (Lipinski definition) is 6. The van der Waals surface area contributed by atoms with E-state index in [1.165, 1.54) is 0 Å². The SMILES string of the molecule is CCNC(=NCCCOCCOC)NCCc1ccc(OC)c(OC)c1OC. The van der Waals surface area contributed by atoms with Crippen LogP contribution in [0.5, 0.6) is 17.2 Å². The second kappa shape index (κ2) is 14.8. The highest BCUT2D eigenvalue weighted by Gasteiger charge is 2.15. The molecule has 0 saturated carbocycles. The Balaban J connectivity index is 2.54. The van der Waals surface area contributed by atoms with Gasteiger partial charge >= 0.3 is 0 Å². The Labute approximate surface area is 168 Å². The summed E-state index contributed by atoms with van der Waals surface area (Å²) in [6.07, 6.45) is 1.62. The fourth-order valence-electron chi connectivity index (χ4n) is 2.62. The van der Waals surface area contributed by atoms with Crippen molar-refractivity contribution in [3.63, 3.8) is 0 Å². The first kappa shape index (κ1) is 23.8. The second-order valence-corrected chi connectivity index (χ2v) is 5.89. The summed E-state index contributed by atoms with van der Waals surface area (Å²) < 4.78 is 26.7. The Morgan fingerprint density at radius 2 is 1.71 bits per heavy atom. The number of nitrogens with one attached hydrogen (secondary N) is 2. The van der Waals surface area contributed by atoms with Gasteiger partial charge in [0.25, 0.3) is 0 Å². The Bertz CT molecular complexity index is 581. The van der Waals surface area contributed by atoms with Crippen LogP contribution in [0.25, 0.3) is 0 Å². The zero-order valence-electron chi connectivity index (χ0n) is 17.8. The largest absolute Gasteiger partial charge is 0.493 e. The van der Waals surface area contributed by atoms with E-state index in [2.05, 4.69) is 15.6 Å². The molecule has 1 aromatic carbocycles. The van der Waals surface area contributed by atoms with Crippen molar-refractivity contribution in [2.45, 2.75) is 19.8 Å². The number of nitrogens with zero attached hydrogens (tertiary/aromatic N) is 1. The number of methoxy groups -OCH3 is 4. The molecule has 0 saturated heterocycles. The van der Waals surface area contributed by atoms with Crippen LogP contribution < -0.4 is 24.8 Å². The van der Waals surface area contributed by atoms with Crippen LogP contribution in [0.1, 0.15) is 18.9 Å². The number of aliphatic imine (C=N–C) groups is 1. The van der Waals surface area contributed by atoms with E-state index in [1.807, 2.05) is 19.1 Å². The third-order valence-electron chi connectivity index (χ3n) is 3.97. The predicted molar refractivity (Wildman–Crippen MR) is 111 cm³/mol. The van der Waals surface area contributed by atoms with Crippen LogP contribution in [0.4, 0.5) is 0 Å². The molecule has 0 bridgehead atoms. The van der Waals surface area contributed by atoms with Crippen LogP contribution in [-0.4, -0.2) is 73.9 Å². The van der Waals surface area contributed by atoms with E-state index in [0.29, 0.717) is 50.2 Å². The molecular formula is C20H35N3O5. The predicted octanol–water partition coefficient (Wildman–Crippen LogP) is 1.86. The van der Waals surface area contributed by atoms with Gasteiger partial charge in [-0.1, -0.05) is 6.07 Å². The zero-order valence-corrected chi connectivity index (χ0v) is 17.8. The summed E-state index contributed by atoms with van der Waals surface area (Å²) in [4.78, 5) is 4.57. The lowest BCUT2D eigenvalue weighted by molar-refractivity contribution is 0.0702. The first-order valence-corrected chi connectivity index (χ1v) is 9.58. The zero-order chi connectivity index (χ0) is 20.6. The summed E-state index contributed by atoms with van der Waals surface area (Å²) in [5.41, 5.74) is 1.04. The van der Waals surface area contributed by atoms with Gasteiger partial charge in [-0.2, -0.15) is 0 Å². The van der Waals surface area contributed by atoms with Crippen LogP contribution in [0.3, 0.4) is 0 Å². The minimum atomic E-state index is 0.608. The second-order valence-electron chi connectivity index (χ2n) is 5.89. The standard InChI is InChI=1S/C20H35N3O5/c1-6-21-20(22-11-7-13-28-15-14-24-2)23-12-10-16-8-9-17(25-3)19(27-5)18(16)26-4/h8-9H,6-7,10-15H2,1-5H3,(H2,21,22,23). The van der Waals surface area contributed by atoms with Gasteiger partial charge in [0.15, 0.2) is 17.5 Å². The van der Waals surface area contributed by atoms with Gasteiger partial charge in [-0.05, 0) is 25.8 Å². The molecule has 1 aromatic rings. The van der Waals surface area contributed by atoms with Crippen molar-refractivity contribution >= 4 is 5.96 Å². The number of ether oxygens (including phenoxy) is 5. The lowest BCUT2D eigenvalue weighted by Gasteiger charge is -2.16. The molecular weight excluding hydrogens is 362 g/mol. The lowest BCUT2D eigenvalue weighted by Crippen LogP contribution is -2.38. The third kappa shape index (κ3) is 8.22. The van der Waals surface area contributed by atoms with Gasteiger partial charge in [0, 0.05) is 38.9 Å². The monoisotopic (exact) mass is 397 g/mol. The molecule has 0 aromatic heterocycles. The van der Waals surface area contributed by atoms with E-state index in [1.54, 1.807) is 28.4 Å². The highest BCUT2D eigenvalue weighted by Crippen LogP contribution is 2.39. The van der Waals surface area contributed by atoms with Gasteiger partial charge in [-0.3, -0.25) is 4.99 Å². The Hall–Kier alpha value is -2.19. The molecule has 0 heterocycles. The highest BCUT2D eigenvalue weighted by atomic mass is 16.5. The van der Waals surface area contributed by atoms with Crippen molar-refractivity contribution in [2.75, 3.05) is 67.9 Å². The van der Waals surface area contributed by atoms with Crippen LogP contribution in [0, 0.1) is 0 Å². The fraction of sp³-hybridized carbons (Fsp3) is 0.650. The topological polar surface area (TPSA) is 82.6 Å². The van der Waals surface area contributed by atoms with E-state index in [-0.39, 0.29) is 0 Å². The fourth-order valence-corrected chi connectivity index (χ4v) is 2.62. The highest BCUT2D eigenvalue weighted by molar-refractivity contribution is 5.79. The van der Waals surface area contributed by atoms with Gasteiger partial charge in [0.1, 0.15) is 0 Å². The van der Waals surface area contributed by atoms with Crippen LogP contribution >= 0.6 is 0 Å². The summed E-state index contributed by atoms with van der Waals surface area (Å²) >= 11 is 0. The van der Waals surface area contributed by atoms with Crippen molar-refractivity contribution < 1.29 is 23.7 Å². The minimum Gasteiger partial charge on any atom is -0.493 e. The molecule has 0 aliphatic heterocycles. The summed E-state index contributed by atoms with van der Waals surface area (Å²) in [5, 5.41) is 6.60. The molecule has 160 valence electrons. The van der Waals surface area contributed by atoms with Gasteiger partial charge in [0.05, 0.1) is 34.5 Å². The van der Waals surface area contributed by atoms with Gasteiger partial charge in [-0.25, -0.2) is 0 Å². The molecule has 0 fully saturated rings. The van der Waals surface area contributed by atoms with E-state index in [4.69, 9.17) is 23.7 Å². The maximum Gasteiger partial charge on any atom is 0.203 e. The summed E-state index contributed by atoms with van der Waals surface area (Å²) in [5.74, 6) is 2.74. The number of hydrogen-bond donors (Lipinski definition) is 2. The molecule has 0 aliphatic rings. The lowest BCUT2D eigenvalue weighted by atomic mass is 10.1. The van der Waals surface area contributed by atoms with E-state index in [9.17, 15) is 0 Å². The van der Waals surface area contributed by atoms with Crippen molar-refractivity contribution in [3.05, 3.63) is 17.7 Å². The molecule has 8 heteroatoms. The van der Waals surface area contributed by atoms with E-state index in [0.717, 1.165) is 30.9 Å². The van der Waals surface area contributed by atoms with Crippen LogP contribution in [0.15, 0.2) is 17.1 Å². The van der Waals surface area contributed by atoms with Gasteiger partial charge < -0.3 is 34.3 Å². The van der Waals surface area contributed by atoms with Crippen molar-refractivity contribution in [1.82, 2.24) is 10.6 Å². The van der Waals surface area contributed by atoms with Crippen molar-refractivity contribution in [3.8, 4) is 17.2 Å². The van der Waals surface area contributed by atoms with Crippen molar-refractivity contribution in [2.24, 2.45) is 4.99 Å². The number of rotatable bonds is 14. The Kier molecular flexibility index (Phi) is 12.6. The molecule has 0 amide bonds. The van der Waals surface area contributed by atoms with Gasteiger partial charge in [0.2, 0.25) is 5.75 Å². The summed E-state index contributed by atoms with van der Waals surface area (Å²) in [6, 6.07) is 3.88. The smallest absolute Gasteiger partial charge is 0.203 e. The molecule has 8 nitrogen and oxygen atoms in total. The minimum absolute atomic E-state index is 0.608. The summed E-state index contributed by atoms with van der Waals surface area (Å²) in [7, 11) is 6.52. The average Bonchev–Trinajstić information content (AvgIpc) is 2.72. The molecule has 2 N–H and O–H groups in total. The Morgan fingerprint density at radius 1 is 0.929 bits per heavy atom. The number of benzene rings is 1. The van der Waals surface area contributed by atoms with E-state index >= 15 is 0 Å². The first-order chi connectivity index (χ1) is 13.7. The summed E-state index contributed by atoms with van der Waals surface area (Å²) in [6.45, 7) is 6.16. The molecule has 1 rings (SSSR count). The quantitative estimate of drug-likeness (QED) is 0.282. The van der Waals surface area contributed by atoms with Gasteiger partial charge in [-0.15, -0.1) is 0 Å². The third-order valence-corrected chi connectivity index (χ3v) is 3.97. The normalized spacial score (nSPS) is 11.2. The average molecular weight is 398 g/mol. The van der Waals surface area contributed by atoms with Crippen LogP contribution in [-0.2, 0) is 15.9 Å². The molecule has 0 spiro atoms. The molecule has 0 atom stereocenters. The van der Waals surface area contributed by atoms with E-state index < -0.39 is 0 Å². The maximum atomic E-state index is 5.53. The molecule has 0 radical (unpaired) electrons. The first-order valence-electron chi connectivity index (χ1n) is 9.58. The Morgan fingerprint density at radius 3 is 2.36 bits per heavy atom. The molecule has 0 unspecified atom stereocenters. The molecule has 28 heavy (non-hydrogen) atoms. The molecule has 0 aliphatic carbocycles. The van der Waals surface area contributed by atoms with Crippen LogP contribution in [0.2, 0.25) is 0 Å².